The summed E-state index contributed by atoms with van der Waals surface area (Å²) in [6.07, 6.45) is 16.7. The molecule has 1 unspecified atom stereocenters. The summed E-state index contributed by atoms with van der Waals surface area (Å²) in [5.74, 6) is -0.169. The van der Waals surface area contributed by atoms with Crippen LogP contribution in [0, 0.1) is 10.8 Å². The van der Waals surface area contributed by atoms with Crippen LogP contribution in [0.3, 0.4) is 0 Å². The Morgan fingerprint density at radius 1 is 0.880 bits per heavy atom. The van der Waals surface area contributed by atoms with E-state index in [4.69, 9.17) is 10.5 Å². The largest absolute Gasteiger partial charge is 0.324 e. The molecule has 0 saturated heterocycles. The summed E-state index contributed by atoms with van der Waals surface area (Å²) >= 11 is 0. The lowest BCUT2D eigenvalue weighted by Crippen LogP contribution is -2.40. The monoisotopic (exact) mass is 338 g/mol. The first-order chi connectivity index (χ1) is 11.7. The highest BCUT2D eigenvalue weighted by Crippen LogP contribution is 2.35. The summed E-state index contributed by atoms with van der Waals surface area (Å²) in [6, 6.07) is -0.665. The van der Waals surface area contributed by atoms with Gasteiger partial charge in [-0.1, -0.05) is 70.2 Å². The van der Waals surface area contributed by atoms with E-state index in [2.05, 4.69) is 69.5 Å². The standard InChI is InChI=1S/C20H24N2O.CH2O/c1-19(2)9-5-13-14-6-10-20(3,4)12-8-16(14)22-18(23)17(21)15(13)7-11-19;1-2/h5-12,17H,21H2,1-4H3,(H,22,23);1H2. The SMILES string of the molecule is C=O.CC1(C)C=CC2=C(C=C1)C1=C(C=CC(C)(C)C=C1)C(N)C(=O)N2. The van der Waals surface area contributed by atoms with Crippen LogP contribution in [-0.4, -0.2) is 18.7 Å². The molecule has 1 aliphatic heterocycles. The van der Waals surface area contributed by atoms with Gasteiger partial charge in [-0.2, -0.15) is 0 Å². The number of amides is 1. The second kappa shape index (κ2) is 6.81. The van der Waals surface area contributed by atoms with Crippen LogP contribution in [0.15, 0.2) is 71.0 Å². The van der Waals surface area contributed by atoms with Gasteiger partial charge in [0.15, 0.2) is 0 Å². The van der Waals surface area contributed by atoms with Crippen LogP contribution in [0.25, 0.3) is 0 Å². The van der Waals surface area contributed by atoms with Crippen LogP contribution in [0.4, 0.5) is 0 Å². The van der Waals surface area contributed by atoms with Gasteiger partial charge in [-0.15, -0.1) is 0 Å². The molecule has 0 saturated carbocycles. The van der Waals surface area contributed by atoms with E-state index in [0.717, 1.165) is 22.4 Å². The zero-order valence-electron chi connectivity index (χ0n) is 15.3. The molecule has 1 atom stereocenters. The lowest BCUT2D eigenvalue weighted by Gasteiger charge is -2.15. The number of allylic oxidation sites excluding steroid dienone is 9. The average Bonchev–Trinajstić information content (AvgIpc) is 2.84. The Bertz CT molecular complexity index is 759. The number of rotatable bonds is 0. The van der Waals surface area contributed by atoms with Gasteiger partial charge in [0.25, 0.3) is 0 Å². The Kier molecular flexibility index (Phi) is 5.14. The molecule has 25 heavy (non-hydrogen) atoms. The van der Waals surface area contributed by atoms with Gasteiger partial charge in [-0.25, -0.2) is 0 Å². The molecule has 132 valence electrons. The van der Waals surface area contributed by atoms with Crippen molar-refractivity contribution in [1.29, 1.82) is 0 Å². The summed E-state index contributed by atoms with van der Waals surface area (Å²) in [4.78, 5) is 20.5. The molecule has 4 nitrogen and oxygen atoms in total. The molecule has 1 heterocycles. The van der Waals surface area contributed by atoms with Crippen LogP contribution < -0.4 is 11.1 Å². The number of nitrogens with two attached hydrogens (primary N) is 1. The fourth-order valence-corrected chi connectivity index (χ4v) is 2.89. The number of nitrogens with one attached hydrogen (secondary N) is 1. The fraction of sp³-hybridized carbons (Fsp3) is 0.333. The van der Waals surface area contributed by atoms with Gasteiger partial charge < -0.3 is 15.8 Å². The Morgan fingerprint density at radius 2 is 1.36 bits per heavy atom. The minimum atomic E-state index is -0.665. The van der Waals surface area contributed by atoms with E-state index < -0.39 is 6.04 Å². The Morgan fingerprint density at radius 3 is 1.96 bits per heavy atom. The minimum Gasteiger partial charge on any atom is -0.324 e. The minimum absolute atomic E-state index is 0.0523. The van der Waals surface area contributed by atoms with Gasteiger partial charge in [0.05, 0.1) is 0 Å². The van der Waals surface area contributed by atoms with Crippen LogP contribution in [0.2, 0.25) is 0 Å². The topological polar surface area (TPSA) is 72.2 Å². The molecule has 0 bridgehead atoms. The second-order valence-corrected chi connectivity index (χ2v) is 7.64. The Balaban J connectivity index is 0.00000109. The first kappa shape index (κ1) is 18.9. The number of fused-ring (bicyclic) bond motifs is 1. The third-order valence-corrected chi connectivity index (χ3v) is 4.50. The smallest absolute Gasteiger partial charge is 0.245 e. The number of carbonyl (C=O) groups excluding carboxylic acids is 2. The highest BCUT2D eigenvalue weighted by atomic mass is 16.2. The van der Waals surface area contributed by atoms with E-state index >= 15 is 0 Å². The highest BCUT2D eigenvalue weighted by molar-refractivity contribution is 5.90. The van der Waals surface area contributed by atoms with E-state index in [1.165, 1.54) is 0 Å². The van der Waals surface area contributed by atoms with Crippen LogP contribution >= 0.6 is 0 Å². The van der Waals surface area contributed by atoms with Gasteiger partial charge in [-0.3, -0.25) is 4.79 Å². The van der Waals surface area contributed by atoms with Crippen molar-refractivity contribution in [3.05, 3.63) is 71.0 Å². The van der Waals surface area contributed by atoms with Crippen molar-refractivity contribution in [3.63, 3.8) is 0 Å². The normalized spacial score (nSPS) is 25.8. The summed E-state index contributed by atoms with van der Waals surface area (Å²) in [5, 5.41) is 2.97. The summed E-state index contributed by atoms with van der Waals surface area (Å²) in [7, 11) is 0. The maximum Gasteiger partial charge on any atom is 0.245 e. The zero-order chi connectivity index (χ0) is 18.8. The third kappa shape index (κ3) is 3.97. The lowest BCUT2D eigenvalue weighted by molar-refractivity contribution is -0.120. The van der Waals surface area contributed by atoms with Crippen molar-refractivity contribution < 1.29 is 9.59 Å². The third-order valence-electron chi connectivity index (χ3n) is 4.50. The van der Waals surface area contributed by atoms with Gasteiger partial charge in [0, 0.05) is 22.1 Å². The van der Waals surface area contributed by atoms with Crippen molar-refractivity contribution in [2.24, 2.45) is 16.6 Å². The van der Waals surface area contributed by atoms with E-state index in [9.17, 15) is 4.79 Å². The first-order valence-corrected chi connectivity index (χ1v) is 8.30. The van der Waals surface area contributed by atoms with E-state index in [-0.39, 0.29) is 16.7 Å². The van der Waals surface area contributed by atoms with Crippen LogP contribution in [0.5, 0.6) is 0 Å². The molecule has 3 aliphatic rings. The molecule has 0 spiro atoms. The van der Waals surface area contributed by atoms with Gasteiger partial charge in [0.2, 0.25) is 5.91 Å². The maximum atomic E-state index is 12.5. The molecule has 3 N–H and O–H groups in total. The molecule has 0 aromatic rings. The fourth-order valence-electron chi connectivity index (χ4n) is 2.89. The van der Waals surface area contributed by atoms with Gasteiger partial charge >= 0.3 is 0 Å². The quantitative estimate of drug-likeness (QED) is 0.713. The zero-order valence-corrected chi connectivity index (χ0v) is 15.3. The number of hydrogen-bond acceptors (Lipinski definition) is 3. The van der Waals surface area contributed by atoms with Crippen molar-refractivity contribution in [1.82, 2.24) is 5.32 Å². The van der Waals surface area contributed by atoms with Crippen LogP contribution in [-0.2, 0) is 9.59 Å². The molecule has 0 radical (unpaired) electrons. The summed E-state index contributed by atoms with van der Waals surface area (Å²) < 4.78 is 0. The molecule has 0 fully saturated rings. The number of hydrogen-bond donors (Lipinski definition) is 2. The first-order valence-electron chi connectivity index (χ1n) is 8.30. The van der Waals surface area contributed by atoms with E-state index in [1.54, 1.807) is 0 Å². The number of carbonyl (C=O) groups is 2. The maximum absolute atomic E-state index is 12.5. The van der Waals surface area contributed by atoms with E-state index in [1.807, 2.05) is 18.9 Å². The molecule has 1 amide bonds. The molecular formula is C21H26N2O2. The summed E-state index contributed by atoms with van der Waals surface area (Å²) in [6.45, 7) is 10.6. The molecular weight excluding hydrogens is 312 g/mol. The van der Waals surface area contributed by atoms with Crippen molar-refractivity contribution in [3.8, 4) is 0 Å². The second-order valence-electron chi connectivity index (χ2n) is 7.64. The lowest BCUT2D eigenvalue weighted by atomic mass is 9.91. The van der Waals surface area contributed by atoms with E-state index in [0.29, 0.717) is 0 Å². The van der Waals surface area contributed by atoms with Crippen molar-refractivity contribution in [2.45, 2.75) is 33.7 Å². The molecule has 4 heteroatoms. The van der Waals surface area contributed by atoms with Crippen molar-refractivity contribution in [2.75, 3.05) is 0 Å². The average molecular weight is 338 g/mol. The predicted molar refractivity (Wildman–Crippen MR) is 101 cm³/mol. The van der Waals surface area contributed by atoms with Crippen molar-refractivity contribution >= 4 is 12.7 Å². The molecule has 0 aromatic heterocycles. The molecule has 2 aliphatic carbocycles. The Labute approximate surface area is 149 Å². The highest BCUT2D eigenvalue weighted by Gasteiger charge is 2.29. The van der Waals surface area contributed by atoms with Gasteiger partial charge in [-0.05, 0) is 17.2 Å². The predicted octanol–water partition coefficient (Wildman–Crippen LogP) is 3.11. The molecule has 3 rings (SSSR count). The van der Waals surface area contributed by atoms with Gasteiger partial charge in [0.1, 0.15) is 12.8 Å². The molecule has 0 aromatic carbocycles. The van der Waals surface area contributed by atoms with Crippen LogP contribution in [0.1, 0.15) is 27.7 Å². The summed E-state index contributed by atoms with van der Waals surface area (Å²) in [5.41, 5.74) is 9.81. The Hall–Kier alpha value is -2.46.